The second kappa shape index (κ2) is 5.32. The maximum atomic E-state index is 12.1. The predicted octanol–water partition coefficient (Wildman–Crippen LogP) is 2.95. The van der Waals surface area contributed by atoms with Crippen LogP contribution in [0, 0.1) is 0 Å². The number of hydrogen-bond acceptors (Lipinski definition) is 3. The third-order valence-electron chi connectivity index (χ3n) is 2.62. The molecule has 2 rings (SSSR count). The van der Waals surface area contributed by atoms with Crippen LogP contribution in [-0.2, 0) is 0 Å². The normalized spacial score (nSPS) is 10.7. The number of anilines is 2. The van der Waals surface area contributed by atoms with E-state index in [0.717, 1.165) is 0 Å². The summed E-state index contributed by atoms with van der Waals surface area (Å²) in [6.07, 6.45) is 3.36. The van der Waals surface area contributed by atoms with Crippen LogP contribution in [0.5, 0.6) is 0 Å². The van der Waals surface area contributed by atoms with E-state index in [9.17, 15) is 4.79 Å². The molecule has 1 aromatic heterocycles. The number of amides is 1. The number of benzene rings is 1. The van der Waals surface area contributed by atoms with Gasteiger partial charge >= 0.3 is 0 Å². The molecule has 5 nitrogen and oxygen atoms in total. The van der Waals surface area contributed by atoms with Crippen LogP contribution in [0.15, 0.2) is 30.6 Å². The molecule has 0 spiro atoms. The fraction of sp³-hybridized carbons (Fsp3) is 0.231. The molecule has 19 heavy (non-hydrogen) atoms. The van der Waals surface area contributed by atoms with E-state index >= 15 is 0 Å². The Morgan fingerprint density at radius 2 is 2.21 bits per heavy atom. The lowest BCUT2D eigenvalue weighted by atomic mass is 10.2. The summed E-state index contributed by atoms with van der Waals surface area (Å²) in [6, 6.07) is 5.03. The van der Waals surface area contributed by atoms with Gasteiger partial charge in [-0.15, -0.1) is 0 Å². The Kier molecular flexibility index (Phi) is 3.76. The summed E-state index contributed by atoms with van der Waals surface area (Å²) < 4.78 is 1.76. The average Bonchev–Trinajstić information content (AvgIpc) is 2.80. The van der Waals surface area contributed by atoms with Crippen LogP contribution in [0.4, 0.5) is 11.4 Å². The summed E-state index contributed by atoms with van der Waals surface area (Å²) in [7, 11) is 0. The van der Waals surface area contributed by atoms with Crippen molar-refractivity contribution in [2.45, 2.75) is 19.9 Å². The Balaban J connectivity index is 2.18. The Labute approximate surface area is 116 Å². The molecular weight excluding hydrogens is 264 g/mol. The molecule has 6 heteroatoms. The fourth-order valence-corrected chi connectivity index (χ4v) is 1.80. The first kappa shape index (κ1) is 13.4. The lowest BCUT2D eigenvalue weighted by Gasteiger charge is -2.06. The fourth-order valence-electron chi connectivity index (χ4n) is 1.60. The topological polar surface area (TPSA) is 72.9 Å². The van der Waals surface area contributed by atoms with E-state index in [-0.39, 0.29) is 11.9 Å². The monoisotopic (exact) mass is 278 g/mol. The number of aromatic nitrogens is 2. The summed E-state index contributed by atoms with van der Waals surface area (Å²) >= 11 is 5.98. The van der Waals surface area contributed by atoms with Gasteiger partial charge in [-0.25, -0.2) is 0 Å². The maximum absolute atomic E-state index is 12.1. The Bertz CT molecular complexity index is 606. The number of rotatable bonds is 3. The summed E-state index contributed by atoms with van der Waals surface area (Å²) in [4.78, 5) is 12.1. The minimum absolute atomic E-state index is 0.238. The highest BCUT2D eigenvalue weighted by molar-refractivity contribution is 6.34. The summed E-state index contributed by atoms with van der Waals surface area (Å²) in [5.41, 5.74) is 7.11. The van der Waals surface area contributed by atoms with Gasteiger partial charge in [0.15, 0.2) is 0 Å². The predicted molar refractivity (Wildman–Crippen MR) is 76.4 cm³/mol. The van der Waals surface area contributed by atoms with Gasteiger partial charge < -0.3 is 11.1 Å². The zero-order valence-electron chi connectivity index (χ0n) is 10.7. The van der Waals surface area contributed by atoms with Crippen molar-refractivity contribution in [3.05, 3.63) is 41.2 Å². The quantitative estimate of drug-likeness (QED) is 0.848. The number of halogens is 1. The van der Waals surface area contributed by atoms with Crippen molar-refractivity contribution < 1.29 is 4.79 Å². The molecule has 0 saturated heterocycles. The van der Waals surface area contributed by atoms with E-state index in [4.69, 9.17) is 17.3 Å². The number of nitrogens with one attached hydrogen (secondary N) is 1. The van der Waals surface area contributed by atoms with Crippen LogP contribution in [0.3, 0.4) is 0 Å². The van der Waals surface area contributed by atoms with Gasteiger partial charge in [-0.05, 0) is 32.0 Å². The van der Waals surface area contributed by atoms with Crippen molar-refractivity contribution in [2.24, 2.45) is 0 Å². The lowest BCUT2D eigenvalue weighted by molar-refractivity contribution is 0.102. The van der Waals surface area contributed by atoms with Gasteiger partial charge in [-0.3, -0.25) is 9.48 Å². The van der Waals surface area contributed by atoms with Crippen LogP contribution < -0.4 is 11.1 Å². The van der Waals surface area contributed by atoms with Crippen LogP contribution in [0.2, 0.25) is 5.02 Å². The first-order valence-corrected chi connectivity index (χ1v) is 6.25. The SMILES string of the molecule is CC(C)n1cc(NC(=O)c2cc(N)ccc2Cl)cn1. The Morgan fingerprint density at radius 1 is 1.47 bits per heavy atom. The van der Waals surface area contributed by atoms with E-state index in [1.807, 2.05) is 13.8 Å². The Hall–Kier alpha value is -2.01. The van der Waals surface area contributed by atoms with E-state index in [1.165, 1.54) is 0 Å². The maximum Gasteiger partial charge on any atom is 0.257 e. The van der Waals surface area contributed by atoms with E-state index in [0.29, 0.717) is 22.0 Å². The second-order valence-corrected chi connectivity index (χ2v) is 4.90. The molecule has 2 aromatic rings. The van der Waals surface area contributed by atoms with Crippen molar-refractivity contribution >= 4 is 28.9 Å². The molecule has 0 aliphatic carbocycles. The third kappa shape index (κ3) is 3.06. The smallest absolute Gasteiger partial charge is 0.257 e. The zero-order chi connectivity index (χ0) is 14.0. The zero-order valence-corrected chi connectivity index (χ0v) is 11.5. The molecule has 0 saturated carbocycles. The molecule has 0 radical (unpaired) electrons. The van der Waals surface area contributed by atoms with Gasteiger partial charge in [0.1, 0.15) is 0 Å². The Morgan fingerprint density at radius 3 is 2.84 bits per heavy atom. The summed E-state index contributed by atoms with van der Waals surface area (Å²) in [5, 5.41) is 7.25. The number of carbonyl (C=O) groups is 1. The molecule has 1 aromatic carbocycles. The van der Waals surface area contributed by atoms with Gasteiger partial charge in [0, 0.05) is 17.9 Å². The molecule has 0 atom stereocenters. The highest BCUT2D eigenvalue weighted by atomic mass is 35.5. The van der Waals surface area contributed by atoms with Crippen LogP contribution in [0.1, 0.15) is 30.2 Å². The van der Waals surface area contributed by atoms with Crippen molar-refractivity contribution in [3.8, 4) is 0 Å². The molecule has 100 valence electrons. The van der Waals surface area contributed by atoms with E-state index in [1.54, 1.807) is 35.3 Å². The molecule has 0 fully saturated rings. The van der Waals surface area contributed by atoms with Crippen molar-refractivity contribution in [1.29, 1.82) is 0 Å². The van der Waals surface area contributed by atoms with Crippen LogP contribution >= 0.6 is 11.6 Å². The number of nitrogen functional groups attached to an aromatic ring is 1. The first-order chi connectivity index (χ1) is 8.97. The summed E-state index contributed by atoms with van der Waals surface area (Å²) in [6.45, 7) is 4.01. The number of nitrogens with zero attached hydrogens (tertiary/aromatic N) is 2. The minimum Gasteiger partial charge on any atom is -0.399 e. The number of hydrogen-bond donors (Lipinski definition) is 2. The number of carbonyl (C=O) groups excluding carboxylic acids is 1. The first-order valence-electron chi connectivity index (χ1n) is 5.88. The van der Waals surface area contributed by atoms with Crippen LogP contribution in [0.25, 0.3) is 0 Å². The van der Waals surface area contributed by atoms with Gasteiger partial charge in [0.2, 0.25) is 0 Å². The third-order valence-corrected chi connectivity index (χ3v) is 2.95. The van der Waals surface area contributed by atoms with Gasteiger partial charge in [0.25, 0.3) is 5.91 Å². The molecule has 0 aliphatic rings. The highest BCUT2D eigenvalue weighted by Gasteiger charge is 2.12. The molecule has 1 heterocycles. The molecule has 0 bridgehead atoms. The molecule has 0 unspecified atom stereocenters. The standard InChI is InChI=1S/C13H15ClN4O/c1-8(2)18-7-10(6-16-18)17-13(19)11-5-9(15)3-4-12(11)14/h3-8H,15H2,1-2H3,(H,17,19). The van der Waals surface area contributed by atoms with Crippen molar-refractivity contribution in [1.82, 2.24) is 9.78 Å². The molecule has 0 aliphatic heterocycles. The van der Waals surface area contributed by atoms with Gasteiger partial charge in [-0.1, -0.05) is 11.6 Å². The van der Waals surface area contributed by atoms with Gasteiger partial charge in [0.05, 0.1) is 22.5 Å². The number of nitrogens with two attached hydrogens (primary N) is 1. The molecule has 3 N–H and O–H groups in total. The van der Waals surface area contributed by atoms with Gasteiger partial charge in [-0.2, -0.15) is 5.10 Å². The van der Waals surface area contributed by atoms with Crippen molar-refractivity contribution in [2.75, 3.05) is 11.1 Å². The molecular formula is C13H15ClN4O. The van der Waals surface area contributed by atoms with Crippen molar-refractivity contribution in [3.63, 3.8) is 0 Å². The van der Waals surface area contributed by atoms with E-state index in [2.05, 4.69) is 10.4 Å². The van der Waals surface area contributed by atoms with Crippen LogP contribution in [-0.4, -0.2) is 15.7 Å². The minimum atomic E-state index is -0.305. The summed E-state index contributed by atoms with van der Waals surface area (Å²) in [5.74, 6) is -0.305. The molecule has 1 amide bonds. The lowest BCUT2D eigenvalue weighted by Crippen LogP contribution is -2.12. The van der Waals surface area contributed by atoms with E-state index < -0.39 is 0 Å². The second-order valence-electron chi connectivity index (χ2n) is 4.50. The average molecular weight is 279 g/mol. The highest BCUT2D eigenvalue weighted by Crippen LogP contribution is 2.20. The largest absolute Gasteiger partial charge is 0.399 e.